The van der Waals surface area contributed by atoms with E-state index in [2.05, 4.69) is 4.52 Å². The van der Waals surface area contributed by atoms with Crippen molar-refractivity contribution in [1.82, 2.24) is 0 Å². The average Bonchev–Trinajstić information content (AvgIpc) is 1.74. The number of quaternary nitrogens is 1. The smallest absolute Gasteiger partial charge is 0.394 e. The van der Waals surface area contributed by atoms with E-state index in [9.17, 15) is 9.46 Å². The van der Waals surface area contributed by atoms with Crippen molar-refractivity contribution in [1.29, 1.82) is 0 Å². The van der Waals surface area contributed by atoms with E-state index < -0.39 is 18.2 Å². The highest BCUT2D eigenvalue weighted by molar-refractivity contribution is 7.79. The molecular formula is C5H16NO8PS. The van der Waals surface area contributed by atoms with Gasteiger partial charge in [0.1, 0.15) is 13.2 Å². The Bertz CT molecular complexity index is 319. The van der Waals surface area contributed by atoms with Crippen LogP contribution in [0, 0.1) is 0 Å². The van der Waals surface area contributed by atoms with Gasteiger partial charge in [-0.05, 0) is 0 Å². The molecule has 0 heterocycles. The van der Waals surface area contributed by atoms with Gasteiger partial charge >= 0.3 is 10.4 Å². The van der Waals surface area contributed by atoms with E-state index in [1.165, 1.54) is 0 Å². The van der Waals surface area contributed by atoms with Crippen LogP contribution in [0.5, 0.6) is 0 Å². The van der Waals surface area contributed by atoms with Crippen LogP contribution in [-0.4, -0.2) is 61.2 Å². The first kappa shape index (κ1) is 18.3. The van der Waals surface area contributed by atoms with E-state index in [0.717, 1.165) is 0 Å². The van der Waals surface area contributed by atoms with Gasteiger partial charge in [-0.1, -0.05) is 0 Å². The summed E-state index contributed by atoms with van der Waals surface area (Å²) < 4.78 is 46.4. The van der Waals surface area contributed by atoms with Gasteiger partial charge in [0, 0.05) is 0 Å². The highest BCUT2D eigenvalue weighted by atomic mass is 32.3. The van der Waals surface area contributed by atoms with Crippen LogP contribution in [0.3, 0.4) is 0 Å². The molecule has 16 heavy (non-hydrogen) atoms. The summed E-state index contributed by atoms with van der Waals surface area (Å²) in [4.78, 5) is 18.3. The third-order valence-electron chi connectivity index (χ3n) is 1.02. The molecule has 100 valence electrons. The summed E-state index contributed by atoms with van der Waals surface area (Å²) >= 11 is 0. The zero-order chi connectivity index (χ0) is 13.6. The first-order valence-electron chi connectivity index (χ1n) is 3.89. The molecule has 3 N–H and O–H groups in total. The maximum atomic E-state index is 10.1. The van der Waals surface area contributed by atoms with E-state index in [-0.39, 0.29) is 6.61 Å². The summed E-state index contributed by atoms with van der Waals surface area (Å²) in [5.41, 5.74) is 0. The van der Waals surface area contributed by atoms with Crippen LogP contribution in [-0.2, 0) is 19.5 Å². The maximum absolute atomic E-state index is 10.1. The number of rotatable bonds is 4. The lowest BCUT2D eigenvalue weighted by Gasteiger charge is -2.25. The molecule has 0 aliphatic heterocycles. The summed E-state index contributed by atoms with van der Waals surface area (Å²) in [6.45, 7) is 0.549. The molecule has 0 aliphatic carbocycles. The Hall–Kier alpha value is -0.0600. The predicted octanol–water partition coefficient (Wildman–Crippen LogP) is -1.48. The fraction of sp³-hybridized carbons (Fsp3) is 1.00. The van der Waals surface area contributed by atoms with Crippen molar-refractivity contribution in [2.24, 2.45) is 0 Å². The quantitative estimate of drug-likeness (QED) is 0.321. The summed E-state index contributed by atoms with van der Waals surface area (Å²) in [7, 11) is -3.48. The summed E-state index contributed by atoms with van der Waals surface area (Å²) in [5, 5.41) is 0. The highest BCUT2D eigenvalue weighted by Crippen LogP contribution is 2.29. The summed E-state index contributed by atoms with van der Waals surface area (Å²) in [6.07, 6.45) is 0. The van der Waals surface area contributed by atoms with Gasteiger partial charge in [0.2, 0.25) is 0 Å². The molecule has 0 radical (unpaired) electrons. The Morgan fingerprint density at radius 3 is 1.81 bits per heavy atom. The zero-order valence-corrected chi connectivity index (χ0v) is 10.8. The maximum Gasteiger partial charge on any atom is 0.394 e. The molecule has 0 saturated heterocycles. The van der Waals surface area contributed by atoms with Gasteiger partial charge in [-0.25, -0.2) is 0 Å². The van der Waals surface area contributed by atoms with Crippen LogP contribution in [0.4, 0.5) is 0 Å². The number of hydrogen-bond acceptors (Lipinski definition) is 5. The molecule has 0 bridgehead atoms. The van der Waals surface area contributed by atoms with Crippen LogP contribution >= 0.6 is 7.82 Å². The molecule has 0 amide bonds. The fourth-order valence-electron chi connectivity index (χ4n) is 0.430. The monoisotopic (exact) mass is 281 g/mol. The molecule has 9 nitrogen and oxygen atoms in total. The lowest BCUT2D eigenvalue weighted by Crippen LogP contribution is -2.37. The van der Waals surface area contributed by atoms with Gasteiger partial charge < -0.3 is 18.8 Å². The van der Waals surface area contributed by atoms with Crippen molar-refractivity contribution in [3.63, 3.8) is 0 Å². The standard InChI is InChI=1S/C5H14NO4P.H2O4S/c1-6(2,3)4-5-10-11(7,8)9;1-5(2,3)4/h4-5H2,1-3H3,(H-,7,8,9);(H2,1,2,3,4). The normalized spacial score (nSPS) is 15.9. The van der Waals surface area contributed by atoms with Gasteiger partial charge in [0.15, 0.2) is 0 Å². The Morgan fingerprint density at radius 2 is 1.62 bits per heavy atom. The second-order valence-corrected chi connectivity index (χ2v) is 5.85. The third kappa shape index (κ3) is 37.0. The molecule has 0 rings (SSSR count). The van der Waals surface area contributed by atoms with Crippen LogP contribution in [0.15, 0.2) is 0 Å². The Labute approximate surface area is 94.1 Å². The van der Waals surface area contributed by atoms with Crippen LogP contribution in [0.1, 0.15) is 0 Å². The average molecular weight is 281 g/mol. The van der Waals surface area contributed by atoms with Crippen molar-refractivity contribution in [2.45, 2.75) is 0 Å². The Balaban J connectivity index is 0. The molecule has 0 aliphatic rings. The topological polar surface area (TPSA) is 144 Å². The van der Waals surface area contributed by atoms with Crippen molar-refractivity contribution in [3.05, 3.63) is 0 Å². The molecule has 0 spiro atoms. The van der Waals surface area contributed by atoms with Crippen molar-refractivity contribution in [3.8, 4) is 0 Å². The van der Waals surface area contributed by atoms with Gasteiger partial charge in [0.25, 0.3) is 7.82 Å². The van der Waals surface area contributed by atoms with E-state index in [0.29, 0.717) is 11.0 Å². The lowest BCUT2D eigenvalue weighted by atomic mass is 10.5. The summed E-state index contributed by atoms with van der Waals surface area (Å²) in [6, 6.07) is 0. The second-order valence-electron chi connectivity index (χ2n) is 3.76. The molecule has 0 aromatic heterocycles. The fourth-order valence-corrected chi connectivity index (χ4v) is 0.742. The number of nitrogens with zero attached hydrogens (tertiary/aromatic N) is 1. The van der Waals surface area contributed by atoms with Gasteiger partial charge in [-0.3, -0.25) is 13.7 Å². The van der Waals surface area contributed by atoms with Gasteiger partial charge in [-0.2, -0.15) is 8.42 Å². The Kier molecular flexibility index (Phi) is 7.58. The van der Waals surface area contributed by atoms with E-state index in [1.807, 2.05) is 21.1 Å². The van der Waals surface area contributed by atoms with E-state index in [1.54, 1.807) is 0 Å². The van der Waals surface area contributed by atoms with E-state index >= 15 is 0 Å². The van der Waals surface area contributed by atoms with Crippen LogP contribution < -0.4 is 4.89 Å². The Morgan fingerprint density at radius 1 is 1.31 bits per heavy atom. The first-order chi connectivity index (χ1) is 6.71. The van der Waals surface area contributed by atoms with Gasteiger partial charge in [0.05, 0.1) is 21.1 Å². The van der Waals surface area contributed by atoms with Crippen LogP contribution in [0.2, 0.25) is 0 Å². The molecule has 1 atom stereocenters. The number of hydrogen-bond donors (Lipinski definition) is 3. The second kappa shape index (κ2) is 6.62. The van der Waals surface area contributed by atoms with Crippen LogP contribution in [0.25, 0.3) is 0 Å². The zero-order valence-electron chi connectivity index (χ0n) is 9.10. The predicted molar refractivity (Wildman–Crippen MR) is 52.9 cm³/mol. The van der Waals surface area contributed by atoms with E-state index in [4.69, 9.17) is 22.4 Å². The number of phosphoric ester groups is 1. The van der Waals surface area contributed by atoms with Crippen molar-refractivity contribution >= 4 is 18.2 Å². The molecular weight excluding hydrogens is 265 g/mol. The first-order valence-corrected chi connectivity index (χ1v) is 6.79. The minimum absolute atomic E-state index is 0.0147. The minimum atomic E-state index is -4.67. The number of phosphoric acid groups is 1. The van der Waals surface area contributed by atoms with Crippen molar-refractivity contribution in [2.75, 3.05) is 34.3 Å². The molecule has 0 aromatic carbocycles. The summed E-state index contributed by atoms with van der Waals surface area (Å²) in [5.74, 6) is 0. The number of likely N-dealkylation sites (N-methyl/N-ethyl adjacent to an activating group) is 1. The highest BCUT2D eigenvalue weighted by Gasteiger charge is 2.08. The molecule has 11 heteroatoms. The minimum Gasteiger partial charge on any atom is -0.756 e. The van der Waals surface area contributed by atoms with Gasteiger partial charge in [-0.15, -0.1) is 0 Å². The lowest BCUT2D eigenvalue weighted by molar-refractivity contribution is -0.870. The molecule has 1 unspecified atom stereocenters. The third-order valence-corrected chi connectivity index (χ3v) is 1.53. The van der Waals surface area contributed by atoms with Crippen molar-refractivity contribution < 1.29 is 40.9 Å². The largest absolute Gasteiger partial charge is 0.756 e. The molecule has 0 aromatic rings. The molecule has 0 saturated carbocycles. The SMILES string of the molecule is C[N+](C)(C)CCOP(=O)([O-])O.O=S(=O)(O)O. The molecule has 0 fully saturated rings.